The highest BCUT2D eigenvalue weighted by Gasteiger charge is 2.46. The Morgan fingerprint density at radius 1 is 0.971 bits per heavy atom. The minimum Gasteiger partial charge on any atom is -0.497 e. The summed E-state index contributed by atoms with van der Waals surface area (Å²) in [7, 11) is -1.42. The summed E-state index contributed by atoms with van der Waals surface area (Å²) in [4.78, 5) is 0. The van der Waals surface area contributed by atoms with Gasteiger partial charge in [0.1, 0.15) is 5.75 Å². The Bertz CT molecular complexity index is 984. The van der Waals surface area contributed by atoms with Crippen molar-refractivity contribution in [3.8, 4) is 5.75 Å². The van der Waals surface area contributed by atoms with E-state index < -0.39 is 22.4 Å². The maximum absolute atomic E-state index is 11.3. The molecule has 35 heavy (non-hydrogen) atoms. The smallest absolute Gasteiger partial charge is 0.184 e. The summed E-state index contributed by atoms with van der Waals surface area (Å²) in [6.45, 7) is 12.5. The van der Waals surface area contributed by atoms with Crippen molar-refractivity contribution in [2.45, 2.75) is 63.3 Å². The molecule has 4 nitrogen and oxygen atoms in total. The van der Waals surface area contributed by atoms with Crippen LogP contribution in [0.1, 0.15) is 11.9 Å². The Hall–Kier alpha value is -1.71. The van der Waals surface area contributed by atoms with Gasteiger partial charge in [0.15, 0.2) is 6.29 Å². The van der Waals surface area contributed by atoms with Crippen LogP contribution in [0.5, 0.6) is 5.75 Å². The van der Waals surface area contributed by atoms with E-state index in [4.69, 9.17) is 14.2 Å². The topological polar surface area (TPSA) is 47.9 Å². The molecule has 4 rings (SSSR count). The van der Waals surface area contributed by atoms with Crippen molar-refractivity contribution in [1.29, 1.82) is 0 Å². The summed E-state index contributed by atoms with van der Waals surface area (Å²) in [6, 6.07) is 20.9. The third-order valence-electron chi connectivity index (χ3n) is 7.59. The Labute approximate surface area is 213 Å². The molecule has 0 radical (unpaired) electrons. The van der Waals surface area contributed by atoms with Gasteiger partial charge in [0, 0.05) is 31.4 Å². The highest BCUT2D eigenvalue weighted by Crippen LogP contribution is 2.44. The average Bonchev–Trinajstić information content (AvgIpc) is 2.83. The minimum atomic E-state index is -1.69. The van der Waals surface area contributed by atoms with Crippen LogP contribution in [0.2, 0.25) is 44.8 Å². The molecular formula is C29H42O4Si2. The molecule has 2 aliphatic rings. The third-order valence-corrected chi connectivity index (χ3v) is 12.6. The average molecular weight is 511 g/mol. The first-order chi connectivity index (χ1) is 16.6. The molecule has 1 aliphatic carbocycles. The molecule has 0 saturated carbocycles. The second-order valence-electron chi connectivity index (χ2n) is 12.1. The summed E-state index contributed by atoms with van der Waals surface area (Å²) >= 11 is 0. The molecule has 6 atom stereocenters. The Morgan fingerprint density at radius 3 is 2.29 bits per heavy atom. The van der Waals surface area contributed by atoms with E-state index in [2.05, 4.69) is 75.2 Å². The largest absolute Gasteiger partial charge is 0.497 e. The van der Waals surface area contributed by atoms with Gasteiger partial charge >= 0.3 is 0 Å². The lowest BCUT2D eigenvalue weighted by molar-refractivity contribution is -0.260. The van der Waals surface area contributed by atoms with E-state index in [1.165, 1.54) is 5.19 Å². The first kappa shape index (κ1) is 26.4. The highest BCUT2D eigenvalue weighted by molar-refractivity contribution is 6.89. The van der Waals surface area contributed by atoms with Crippen molar-refractivity contribution in [1.82, 2.24) is 0 Å². The first-order valence-electron chi connectivity index (χ1n) is 12.9. The number of benzene rings is 2. The molecule has 1 aliphatic heterocycles. The number of hydrogen-bond acceptors (Lipinski definition) is 4. The summed E-state index contributed by atoms with van der Waals surface area (Å²) < 4.78 is 18.4. The monoisotopic (exact) mass is 510 g/mol. The third kappa shape index (κ3) is 6.35. The summed E-state index contributed by atoms with van der Waals surface area (Å²) in [5.41, 5.74) is 1.01. The second kappa shape index (κ2) is 10.7. The fourth-order valence-electron chi connectivity index (χ4n) is 5.74. The van der Waals surface area contributed by atoms with E-state index in [0.29, 0.717) is 12.5 Å². The van der Waals surface area contributed by atoms with Crippen LogP contribution < -0.4 is 9.92 Å². The number of ether oxygens (including phenoxy) is 3. The van der Waals surface area contributed by atoms with Crippen LogP contribution in [-0.4, -0.2) is 47.2 Å². The van der Waals surface area contributed by atoms with Gasteiger partial charge in [-0.25, -0.2) is 0 Å². The Balaban J connectivity index is 1.60. The van der Waals surface area contributed by atoms with Crippen LogP contribution in [0, 0.1) is 17.8 Å². The van der Waals surface area contributed by atoms with Crippen molar-refractivity contribution in [2.75, 3.05) is 13.7 Å². The molecule has 0 amide bonds. The molecule has 1 saturated heterocycles. The molecule has 2 aromatic rings. The van der Waals surface area contributed by atoms with Gasteiger partial charge in [-0.15, -0.1) is 0 Å². The van der Waals surface area contributed by atoms with E-state index in [1.54, 1.807) is 7.11 Å². The van der Waals surface area contributed by atoms with E-state index in [1.807, 2.05) is 24.3 Å². The number of hydrogen-bond donors (Lipinski definition) is 1. The van der Waals surface area contributed by atoms with Crippen LogP contribution in [0.25, 0.3) is 0 Å². The standard InChI is InChI=1S/C29H42O4Si2/c1-31-23-15-12-21(13-16-23)29-32-18-26-25(27(30)20-34(2,3)4)17-14-22(28(26)33-29)19-35(5,6)24-10-8-7-9-11-24/h7-17,22,25-30H,18-20H2,1-6H3/t22-,25+,26+,27+,28-,29+/m1/s1. The minimum absolute atomic E-state index is 0.0256. The predicted molar refractivity (Wildman–Crippen MR) is 149 cm³/mol. The SMILES string of the molecule is COc1ccc([C@H]2OC[C@H]3[C@@H]([C@@H](O)C[Si](C)(C)C)C=C[C@H](C[Si](C)(C)c4ccccc4)[C@H]3O2)cc1. The predicted octanol–water partition coefficient (Wildman–Crippen LogP) is 5.84. The molecule has 6 heteroatoms. The lowest BCUT2D eigenvalue weighted by atomic mass is 9.74. The maximum Gasteiger partial charge on any atom is 0.184 e. The zero-order valence-corrected chi connectivity index (χ0v) is 24.1. The normalized spacial score (nSPS) is 27.8. The summed E-state index contributed by atoms with van der Waals surface area (Å²) in [5, 5.41) is 12.7. The Kier molecular flexibility index (Phi) is 8.08. The van der Waals surface area contributed by atoms with Crippen LogP contribution in [0.3, 0.4) is 0 Å². The molecule has 190 valence electrons. The molecule has 0 spiro atoms. The molecule has 1 N–H and O–H groups in total. The molecule has 0 bridgehead atoms. The number of aliphatic hydroxyl groups is 1. The number of fused-ring (bicyclic) bond motifs is 1. The van der Waals surface area contributed by atoms with Crippen molar-refractivity contribution >= 4 is 21.3 Å². The molecule has 1 fully saturated rings. The van der Waals surface area contributed by atoms with Crippen LogP contribution in [0.4, 0.5) is 0 Å². The van der Waals surface area contributed by atoms with Gasteiger partial charge in [-0.2, -0.15) is 0 Å². The molecule has 0 unspecified atom stereocenters. The first-order valence-corrected chi connectivity index (χ1v) is 19.8. The number of methoxy groups -OCH3 is 1. The molecule has 0 aromatic heterocycles. The van der Waals surface area contributed by atoms with E-state index in [-0.39, 0.29) is 24.0 Å². The van der Waals surface area contributed by atoms with Gasteiger partial charge in [-0.05, 0) is 24.2 Å². The van der Waals surface area contributed by atoms with Crippen molar-refractivity contribution in [2.24, 2.45) is 17.8 Å². The van der Waals surface area contributed by atoms with Gasteiger partial charge in [-0.1, -0.05) is 92.5 Å². The molecule has 1 heterocycles. The molecule has 2 aromatic carbocycles. The fourth-order valence-corrected chi connectivity index (χ4v) is 10.1. The van der Waals surface area contributed by atoms with E-state index >= 15 is 0 Å². The van der Waals surface area contributed by atoms with E-state index in [0.717, 1.165) is 23.4 Å². The zero-order chi connectivity index (χ0) is 25.2. The van der Waals surface area contributed by atoms with Crippen molar-refractivity contribution in [3.05, 3.63) is 72.3 Å². The van der Waals surface area contributed by atoms with Gasteiger partial charge in [0.2, 0.25) is 0 Å². The Morgan fingerprint density at radius 2 is 1.66 bits per heavy atom. The van der Waals surface area contributed by atoms with Gasteiger partial charge in [0.05, 0.1) is 34.0 Å². The van der Waals surface area contributed by atoms with Crippen molar-refractivity contribution in [3.63, 3.8) is 0 Å². The maximum atomic E-state index is 11.3. The lowest BCUT2D eigenvalue weighted by Crippen LogP contribution is -2.52. The van der Waals surface area contributed by atoms with Crippen LogP contribution in [-0.2, 0) is 9.47 Å². The van der Waals surface area contributed by atoms with Crippen LogP contribution in [0.15, 0.2) is 66.7 Å². The number of aliphatic hydroxyl groups excluding tert-OH is 1. The van der Waals surface area contributed by atoms with Gasteiger partial charge in [0.25, 0.3) is 0 Å². The number of rotatable bonds is 8. The highest BCUT2D eigenvalue weighted by atomic mass is 28.3. The molecular weight excluding hydrogens is 468 g/mol. The van der Waals surface area contributed by atoms with Crippen molar-refractivity contribution < 1.29 is 19.3 Å². The quantitative estimate of drug-likeness (QED) is 0.358. The van der Waals surface area contributed by atoms with E-state index in [9.17, 15) is 5.11 Å². The summed E-state index contributed by atoms with van der Waals surface area (Å²) in [5.74, 6) is 1.36. The summed E-state index contributed by atoms with van der Waals surface area (Å²) in [6.07, 6.45) is 3.92. The lowest BCUT2D eigenvalue weighted by Gasteiger charge is -2.47. The van der Waals surface area contributed by atoms with Gasteiger partial charge in [-0.3, -0.25) is 0 Å². The van der Waals surface area contributed by atoms with Gasteiger partial charge < -0.3 is 19.3 Å². The fraction of sp³-hybridized carbons (Fsp3) is 0.517. The zero-order valence-electron chi connectivity index (χ0n) is 22.1. The second-order valence-corrected chi connectivity index (χ2v) is 22.4. The van der Waals surface area contributed by atoms with Crippen LogP contribution >= 0.6 is 0 Å².